The van der Waals surface area contributed by atoms with Crippen molar-refractivity contribution < 1.29 is 14.7 Å². The lowest BCUT2D eigenvalue weighted by molar-refractivity contribution is -0.116. The molecule has 0 amide bonds. The molecule has 4 nitrogen and oxygen atoms in total. The SMILES string of the molecule is CCC/C(=N\OCC)C1=C(O)CC(C[C@H](C)SCC)CC1=O. The van der Waals surface area contributed by atoms with Gasteiger partial charge in [-0.05, 0) is 31.4 Å². The lowest BCUT2D eigenvalue weighted by atomic mass is 9.82. The minimum absolute atomic E-state index is 0.00866. The number of thioether (sulfide) groups is 1. The van der Waals surface area contributed by atoms with Crippen LogP contribution in [0.3, 0.4) is 0 Å². The largest absolute Gasteiger partial charge is 0.511 e. The van der Waals surface area contributed by atoms with Crippen molar-refractivity contribution in [3.8, 4) is 0 Å². The molecule has 0 fully saturated rings. The summed E-state index contributed by atoms with van der Waals surface area (Å²) in [7, 11) is 0. The first-order chi connectivity index (χ1) is 10.5. The van der Waals surface area contributed by atoms with Crippen molar-refractivity contribution in [3.63, 3.8) is 0 Å². The highest BCUT2D eigenvalue weighted by Gasteiger charge is 2.31. The van der Waals surface area contributed by atoms with Crippen molar-refractivity contribution in [2.24, 2.45) is 11.1 Å². The number of carbonyl (C=O) groups excluding carboxylic acids is 1. The van der Waals surface area contributed by atoms with E-state index >= 15 is 0 Å². The lowest BCUT2D eigenvalue weighted by Gasteiger charge is -2.25. The van der Waals surface area contributed by atoms with Gasteiger partial charge in [-0.3, -0.25) is 4.79 Å². The molecular weight excluding hydrogens is 298 g/mol. The Morgan fingerprint density at radius 2 is 2.14 bits per heavy atom. The molecule has 0 spiro atoms. The third-order valence-electron chi connectivity index (χ3n) is 3.72. The molecule has 0 aromatic heterocycles. The van der Waals surface area contributed by atoms with Crippen molar-refractivity contribution in [1.82, 2.24) is 0 Å². The number of carbonyl (C=O) groups is 1. The van der Waals surface area contributed by atoms with Crippen molar-refractivity contribution in [2.75, 3.05) is 12.4 Å². The summed E-state index contributed by atoms with van der Waals surface area (Å²) in [5, 5.41) is 14.9. The Balaban J connectivity index is 2.85. The van der Waals surface area contributed by atoms with E-state index < -0.39 is 0 Å². The van der Waals surface area contributed by atoms with Gasteiger partial charge in [0.2, 0.25) is 0 Å². The van der Waals surface area contributed by atoms with Crippen LogP contribution in [0.2, 0.25) is 0 Å². The highest BCUT2D eigenvalue weighted by Crippen LogP contribution is 2.32. The van der Waals surface area contributed by atoms with Gasteiger partial charge in [0.1, 0.15) is 12.4 Å². The number of hydrogen-bond donors (Lipinski definition) is 1. The summed E-state index contributed by atoms with van der Waals surface area (Å²) in [6.45, 7) is 8.67. The van der Waals surface area contributed by atoms with Crippen LogP contribution in [0.1, 0.15) is 59.8 Å². The van der Waals surface area contributed by atoms with Crippen molar-refractivity contribution >= 4 is 23.3 Å². The van der Waals surface area contributed by atoms with Gasteiger partial charge < -0.3 is 9.94 Å². The summed E-state index contributed by atoms with van der Waals surface area (Å²) in [6, 6.07) is 0. The highest BCUT2D eigenvalue weighted by molar-refractivity contribution is 7.99. The molecule has 0 aliphatic heterocycles. The van der Waals surface area contributed by atoms with Gasteiger partial charge in [0.25, 0.3) is 0 Å². The van der Waals surface area contributed by atoms with Crippen LogP contribution in [0.25, 0.3) is 0 Å². The molecule has 22 heavy (non-hydrogen) atoms. The predicted molar refractivity (Wildman–Crippen MR) is 93.6 cm³/mol. The lowest BCUT2D eigenvalue weighted by Crippen LogP contribution is -2.26. The summed E-state index contributed by atoms with van der Waals surface area (Å²) >= 11 is 1.90. The number of aliphatic hydroxyl groups excluding tert-OH is 1. The fourth-order valence-corrected chi connectivity index (χ4v) is 3.86. The molecular formula is C17H29NO3S. The minimum atomic E-state index is 0.00866. The van der Waals surface area contributed by atoms with Gasteiger partial charge in [-0.25, -0.2) is 0 Å². The number of aliphatic hydroxyl groups is 1. The number of Topliss-reactive ketones (excluding diaryl/α,β-unsaturated/α-hetero) is 1. The fourth-order valence-electron chi connectivity index (χ4n) is 2.88. The first-order valence-corrected chi connectivity index (χ1v) is 9.34. The van der Waals surface area contributed by atoms with Crippen LogP contribution in [-0.4, -0.2) is 34.2 Å². The molecule has 1 aliphatic rings. The summed E-state index contributed by atoms with van der Waals surface area (Å²) < 4.78 is 0. The smallest absolute Gasteiger partial charge is 0.168 e. The molecule has 5 heteroatoms. The number of nitrogens with zero attached hydrogens (tertiary/aromatic N) is 1. The van der Waals surface area contributed by atoms with Crippen LogP contribution in [0.5, 0.6) is 0 Å². The van der Waals surface area contributed by atoms with Gasteiger partial charge >= 0.3 is 0 Å². The van der Waals surface area contributed by atoms with Gasteiger partial charge in [-0.2, -0.15) is 11.8 Å². The third kappa shape index (κ3) is 5.67. The van der Waals surface area contributed by atoms with E-state index in [1.807, 2.05) is 25.6 Å². The average molecular weight is 327 g/mol. The number of allylic oxidation sites excluding steroid dienone is 2. The average Bonchev–Trinajstić information content (AvgIpc) is 2.44. The summed E-state index contributed by atoms with van der Waals surface area (Å²) in [5.41, 5.74) is 1.00. The second-order valence-electron chi connectivity index (χ2n) is 5.73. The number of hydrogen-bond acceptors (Lipinski definition) is 5. The maximum Gasteiger partial charge on any atom is 0.168 e. The minimum Gasteiger partial charge on any atom is -0.511 e. The van der Waals surface area contributed by atoms with E-state index in [1.165, 1.54) is 0 Å². The molecule has 0 saturated carbocycles. The van der Waals surface area contributed by atoms with Crippen molar-refractivity contribution in [3.05, 3.63) is 11.3 Å². The number of ketones is 1. The van der Waals surface area contributed by atoms with Crippen molar-refractivity contribution in [1.29, 1.82) is 0 Å². The van der Waals surface area contributed by atoms with Crippen LogP contribution in [-0.2, 0) is 9.63 Å². The molecule has 1 rings (SSSR count). The van der Waals surface area contributed by atoms with Crippen LogP contribution in [0, 0.1) is 5.92 Å². The van der Waals surface area contributed by atoms with E-state index in [2.05, 4.69) is 19.0 Å². The summed E-state index contributed by atoms with van der Waals surface area (Å²) in [6.07, 6.45) is 3.56. The molecule has 0 saturated heterocycles. The molecule has 1 unspecified atom stereocenters. The number of oxime groups is 1. The third-order valence-corrected chi connectivity index (χ3v) is 4.81. The topological polar surface area (TPSA) is 58.9 Å². The van der Waals surface area contributed by atoms with E-state index in [-0.39, 0.29) is 17.5 Å². The quantitative estimate of drug-likeness (QED) is 0.500. The zero-order valence-corrected chi connectivity index (χ0v) is 15.0. The zero-order chi connectivity index (χ0) is 16.5. The maximum absolute atomic E-state index is 12.5. The Morgan fingerprint density at radius 1 is 1.41 bits per heavy atom. The second kappa shape index (κ2) is 9.93. The van der Waals surface area contributed by atoms with Gasteiger partial charge in [-0.1, -0.05) is 32.3 Å². The Hall–Kier alpha value is -0.970. The summed E-state index contributed by atoms with van der Waals surface area (Å²) in [5.74, 6) is 1.52. The van der Waals surface area contributed by atoms with Crippen LogP contribution < -0.4 is 0 Å². The Labute approximate surface area is 138 Å². The van der Waals surface area contributed by atoms with Crippen LogP contribution >= 0.6 is 11.8 Å². The van der Waals surface area contributed by atoms with Crippen LogP contribution in [0.15, 0.2) is 16.5 Å². The Morgan fingerprint density at radius 3 is 2.68 bits per heavy atom. The van der Waals surface area contributed by atoms with Crippen LogP contribution in [0.4, 0.5) is 0 Å². The van der Waals surface area contributed by atoms with Gasteiger partial charge in [0.05, 0.1) is 11.3 Å². The van der Waals surface area contributed by atoms with E-state index in [4.69, 9.17) is 4.84 Å². The molecule has 0 aromatic carbocycles. The molecule has 0 aromatic rings. The van der Waals surface area contributed by atoms with E-state index in [9.17, 15) is 9.90 Å². The molecule has 2 atom stereocenters. The normalized spacial score (nSPS) is 21.2. The van der Waals surface area contributed by atoms with E-state index in [0.29, 0.717) is 42.4 Å². The van der Waals surface area contributed by atoms with Gasteiger partial charge in [-0.15, -0.1) is 0 Å². The molecule has 0 heterocycles. The molecule has 0 bridgehead atoms. The van der Waals surface area contributed by atoms with Crippen molar-refractivity contribution in [2.45, 2.75) is 65.0 Å². The van der Waals surface area contributed by atoms with Gasteiger partial charge in [0.15, 0.2) is 5.78 Å². The highest BCUT2D eigenvalue weighted by atomic mass is 32.2. The first-order valence-electron chi connectivity index (χ1n) is 8.29. The molecule has 1 N–H and O–H groups in total. The fraction of sp³-hybridized carbons (Fsp3) is 0.765. The molecule has 0 radical (unpaired) electrons. The molecule has 126 valence electrons. The molecule has 1 aliphatic carbocycles. The first kappa shape index (κ1) is 19.1. The van der Waals surface area contributed by atoms with Gasteiger partial charge in [0, 0.05) is 18.1 Å². The zero-order valence-electron chi connectivity index (χ0n) is 14.2. The second-order valence-corrected chi connectivity index (χ2v) is 7.44. The Bertz CT molecular complexity index is 432. The number of rotatable bonds is 9. The standard InChI is InChI=1S/C17H29NO3S/c1-5-8-14(18-21-6-2)17-15(19)10-13(11-16(17)20)9-12(4)22-7-3/h12-13,19H,5-11H2,1-4H3/b18-14+/t12-,13?/m0/s1. The Kier molecular flexibility index (Phi) is 8.61. The van der Waals surface area contributed by atoms with E-state index in [1.54, 1.807) is 0 Å². The maximum atomic E-state index is 12.5. The monoisotopic (exact) mass is 327 g/mol. The predicted octanol–water partition coefficient (Wildman–Crippen LogP) is 4.50. The van der Waals surface area contributed by atoms with E-state index in [0.717, 1.165) is 18.6 Å². The summed E-state index contributed by atoms with van der Waals surface area (Å²) in [4.78, 5) is 17.6.